The van der Waals surface area contributed by atoms with E-state index in [9.17, 15) is 0 Å². The van der Waals surface area contributed by atoms with Gasteiger partial charge < -0.3 is 10.6 Å². The molecule has 2 aliphatic rings. The Labute approximate surface area is 91.8 Å². The monoisotopic (exact) mass is 216 g/mol. The Morgan fingerprint density at radius 1 is 0.857 bits per heavy atom. The summed E-state index contributed by atoms with van der Waals surface area (Å²) >= 11 is 6.51. The second-order valence-corrected chi connectivity index (χ2v) is 5.06. The van der Waals surface area contributed by atoms with Gasteiger partial charge in [-0.05, 0) is 38.8 Å². The lowest BCUT2D eigenvalue weighted by atomic mass is 9.93. The maximum Gasteiger partial charge on any atom is 0.0642 e. The minimum atomic E-state index is 0.288. The van der Waals surface area contributed by atoms with Crippen molar-refractivity contribution in [3.8, 4) is 0 Å². The molecule has 2 atom stereocenters. The standard InChI is InChI=1S/C11H21ClN2/c12-11(9-5-1-3-7-13-9)10-6-2-4-8-14-10/h9-11,13-14H,1-8H2. The van der Waals surface area contributed by atoms with Crippen LogP contribution >= 0.6 is 11.6 Å². The van der Waals surface area contributed by atoms with Crippen LogP contribution in [0.2, 0.25) is 0 Å². The number of rotatable bonds is 2. The van der Waals surface area contributed by atoms with E-state index >= 15 is 0 Å². The van der Waals surface area contributed by atoms with Gasteiger partial charge in [0.1, 0.15) is 0 Å². The Kier molecular flexibility index (Phi) is 4.09. The molecule has 2 heterocycles. The summed E-state index contributed by atoms with van der Waals surface area (Å²) in [6.45, 7) is 2.31. The van der Waals surface area contributed by atoms with Crippen LogP contribution in [0.4, 0.5) is 0 Å². The lowest BCUT2D eigenvalue weighted by Crippen LogP contribution is -2.51. The van der Waals surface area contributed by atoms with Crippen molar-refractivity contribution < 1.29 is 0 Å². The van der Waals surface area contributed by atoms with E-state index in [1.165, 1.54) is 38.5 Å². The third-order valence-corrected chi connectivity index (χ3v) is 4.07. The second-order valence-electron chi connectivity index (χ2n) is 4.56. The Morgan fingerprint density at radius 3 is 1.71 bits per heavy atom. The molecule has 2 aliphatic heterocycles. The fraction of sp³-hybridized carbons (Fsp3) is 1.00. The SMILES string of the molecule is ClC(C1CCCCN1)C1CCCCN1. The van der Waals surface area contributed by atoms with E-state index in [-0.39, 0.29) is 5.38 Å². The summed E-state index contributed by atoms with van der Waals surface area (Å²) in [5.74, 6) is 0. The predicted molar refractivity (Wildman–Crippen MR) is 60.9 cm³/mol. The van der Waals surface area contributed by atoms with Crippen LogP contribution in [-0.2, 0) is 0 Å². The molecule has 0 bridgehead atoms. The van der Waals surface area contributed by atoms with Crippen LogP contribution in [0.5, 0.6) is 0 Å². The minimum absolute atomic E-state index is 0.288. The van der Waals surface area contributed by atoms with E-state index in [2.05, 4.69) is 10.6 Å². The summed E-state index contributed by atoms with van der Waals surface area (Å²) in [5, 5.41) is 7.38. The maximum absolute atomic E-state index is 6.51. The Morgan fingerprint density at radius 2 is 1.36 bits per heavy atom. The van der Waals surface area contributed by atoms with Crippen LogP contribution in [0, 0.1) is 0 Å². The van der Waals surface area contributed by atoms with E-state index in [1.54, 1.807) is 0 Å². The largest absolute Gasteiger partial charge is 0.312 e. The first-order valence-corrected chi connectivity index (χ1v) is 6.42. The average Bonchev–Trinajstić information content (AvgIpc) is 2.30. The molecular weight excluding hydrogens is 196 g/mol. The topological polar surface area (TPSA) is 24.1 Å². The normalized spacial score (nSPS) is 36.6. The van der Waals surface area contributed by atoms with E-state index in [4.69, 9.17) is 11.6 Å². The molecule has 2 unspecified atom stereocenters. The highest BCUT2D eigenvalue weighted by atomic mass is 35.5. The zero-order valence-electron chi connectivity index (χ0n) is 8.77. The Bertz CT molecular complexity index is 145. The van der Waals surface area contributed by atoms with Gasteiger partial charge in [-0.3, -0.25) is 0 Å². The molecule has 0 aromatic rings. The molecule has 2 N–H and O–H groups in total. The summed E-state index contributed by atoms with van der Waals surface area (Å²) in [5.41, 5.74) is 0. The van der Waals surface area contributed by atoms with Crippen LogP contribution in [0.25, 0.3) is 0 Å². The number of piperidine rings is 2. The highest BCUT2D eigenvalue weighted by Gasteiger charge is 2.29. The van der Waals surface area contributed by atoms with Crippen molar-refractivity contribution >= 4 is 11.6 Å². The number of hydrogen-bond acceptors (Lipinski definition) is 2. The first kappa shape index (κ1) is 10.7. The molecule has 0 aromatic heterocycles. The van der Waals surface area contributed by atoms with Gasteiger partial charge in [-0.15, -0.1) is 11.6 Å². The smallest absolute Gasteiger partial charge is 0.0642 e. The first-order valence-electron chi connectivity index (χ1n) is 5.99. The molecule has 2 fully saturated rings. The molecule has 2 saturated heterocycles. The highest BCUT2D eigenvalue weighted by molar-refractivity contribution is 6.21. The molecule has 2 rings (SSSR count). The van der Waals surface area contributed by atoms with Gasteiger partial charge in [0.15, 0.2) is 0 Å². The van der Waals surface area contributed by atoms with Crippen molar-refractivity contribution in [3.05, 3.63) is 0 Å². The predicted octanol–water partition coefficient (Wildman–Crippen LogP) is 1.88. The van der Waals surface area contributed by atoms with E-state index in [1.807, 2.05) is 0 Å². The van der Waals surface area contributed by atoms with Crippen LogP contribution in [0.15, 0.2) is 0 Å². The zero-order chi connectivity index (χ0) is 9.80. The number of alkyl halides is 1. The summed E-state index contributed by atoms with van der Waals surface area (Å²) in [7, 11) is 0. The molecule has 82 valence electrons. The van der Waals surface area contributed by atoms with Gasteiger partial charge in [0.25, 0.3) is 0 Å². The van der Waals surface area contributed by atoms with Crippen molar-refractivity contribution in [2.45, 2.75) is 56.0 Å². The van der Waals surface area contributed by atoms with E-state index in [0.717, 1.165) is 13.1 Å². The minimum Gasteiger partial charge on any atom is -0.312 e. The fourth-order valence-corrected chi connectivity index (χ4v) is 3.01. The van der Waals surface area contributed by atoms with Crippen molar-refractivity contribution in [2.75, 3.05) is 13.1 Å². The molecule has 0 spiro atoms. The van der Waals surface area contributed by atoms with Crippen LogP contribution in [0.3, 0.4) is 0 Å². The number of hydrogen-bond donors (Lipinski definition) is 2. The molecule has 2 nitrogen and oxygen atoms in total. The summed E-state index contributed by atoms with van der Waals surface area (Å²) in [6.07, 6.45) is 7.83. The van der Waals surface area contributed by atoms with Gasteiger partial charge in [-0.25, -0.2) is 0 Å². The van der Waals surface area contributed by atoms with Gasteiger partial charge in [0.2, 0.25) is 0 Å². The summed E-state index contributed by atoms with van der Waals surface area (Å²) < 4.78 is 0. The van der Waals surface area contributed by atoms with Gasteiger partial charge in [-0.2, -0.15) is 0 Å². The van der Waals surface area contributed by atoms with Crippen molar-refractivity contribution in [1.82, 2.24) is 10.6 Å². The Hall–Kier alpha value is 0.210. The Balaban J connectivity index is 1.82. The molecule has 0 amide bonds. The van der Waals surface area contributed by atoms with Crippen LogP contribution in [-0.4, -0.2) is 30.6 Å². The zero-order valence-corrected chi connectivity index (χ0v) is 9.52. The van der Waals surface area contributed by atoms with Crippen molar-refractivity contribution in [2.24, 2.45) is 0 Å². The molecule has 0 saturated carbocycles. The third kappa shape index (κ3) is 2.62. The second kappa shape index (κ2) is 5.34. The van der Waals surface area contributed by atoms with Gasteiger partial charge >= 0.3 is 0 Å². The van der Waals surface area contributed by atoms with Gasteiger partial charge in [-0.1, -0.05) is 12.8 Å². The maximum atomic E-state index is 6.51. The first-order chi connectivity index (χ1) is 6.88. The number of nitrogens with one attached hydrogen (secondary N) is 2. The quantitative estimate of drug-likeness (QED) is 0.689. The van der Waals surface area contributed by atoms with E-state index in [0.29, 0.717) is 12.1 Å². The lowest BCUT2D eigenvalue weighted by molar-refractivity contribution is 0.310. The van der Waals surface area contributed by atoms with Crippen LogP contribution in [0.1, 0.15) is 38.5 Å². The average molecular weight is 217 g/mol. The molecule has 0 aliphatic carbocycles. The van der Waals surface area contributed by atoms with Crippen molar-refractivity contribution in [3.63, 3.8) is 0 Å². The molecule has 3 heteroatoms. The molecule has 0 radical (unpaired) electrons. The fourth-order valence-electron chi connectivity index (χ4n) is 2.58. The molecular formula is C11H21ClN2. The number of halogens is 1. The highest BCUT2D eigenvalue weighted by Crippen LogP contribution is 2.22. The van der Waals surface area contributed by atoms with Gasteiger partial charge in [0, 0.05) is 12.1 Å². The summed E-state index contributed by atoms with van der Waals surface area (Å²) in [6, 6.07) is 1.09. The van der Waals surface area contributed by atoms with Crippen LogP contribution < -0.4 is 10.6 Å². The van der Waals surface area contributed by atoms with E-state index < -0.39 is 0 Å². The molecule has 14 heavy (non-hydrogen) atoms. The lowest BCUT2D eigenvalue weighted by Gasteiger charge is -2.35. The van der Waals surface area contributed by atoms with Gasteiger partial charge in [0.05, 0.1) is 5.38 Å². The van der Waals surface area contributed by atoms with Crippen molar-refractivity contribution in [1.29, 1.82) is 0 Å². The molecule has 0 aromatic carbocycles. The summed E-state index contributed by atoms with van der Waals surface area (Å²) in [4.78, 5) is 0. The third-order valence-electron chi connectivity index (χ3n) is 3.47.